The van der Waals surface area contributed by atoms with Gasteiger partial charge in [0, 0.05) is 67.4 Å². The highest BCUT2D eigenvalue weighted by Crippen LogP contribution is 2.44. The number of para-hydroxylation sites is 3. The van der Waals surface area contributed by atoms with E-state index in [1.807, 2.05) is 71.8 Å². The van der Waals surface area contributed by atoms with Gasteiger partial charge in [-0.15, -0.1) is 0 Å². The van der Waals surface area contributed by atoms with Crippen molar-refractivity contribution in [2.75, 3.05) is 23.4 Å². The van der Waals surface area contributed by atoms with Crippen molar-refractivity contribution in [3.8, 4) is 33.8 Å². The van der Waals surface area contributed by atoms with Crippen LogP contribution in [0.4, 0.5) is 17.1 Å². The molecule has 12 aromatic rings. The van der Waals surface area contributed by atoms with E-state index in [1.165, 1.54) is 26.8 Å². The zero-order valence-corrected chi connectivity index (χ0v) is 32.8. The van der Waals surface area contributed by atoms with Crippen LogP contribution in [0.15, 0.2) is 194 Å². The van der Waals surface area contributed by atoms with Crippen molar-refractivity contribution < 1.29 is 8.85 Å². The summed E-state index contributed by atoms with van der Waals surface area (Å²) in [6.45, 7) is -2.08. The third kappa shape index (κ3) is 5.06. The second-order valence-corrected chi connectivity index (χ2v) is 15.9. The molecule has 6 nitrogen and oxygen atoms in total. The van der Waals surface area contributed by atoms with E-state index >= 15 is 0 Å². The number of rotatable bonds is 5. The van der Waals surface area contributed by atoms with E-state index in [4.69, 9.17) is 13.8 Å². The van der Waals surface area contributed by atoms with Gasteiger partial charge in [-0.25, -0.2) is 4.98 Å². The molecule has 0 saturated carbocycles. The minimum atomic E-state index is -2.28. The molecular formula is C55H37N5O. The van der Waals surface area contributed by atoms with Crippen LogP contribution >= 0.6 is 0 Å². The van der Waals surface area contributed by atoms with E-state index in [1.54, 1.807) is 0 Å². The number of nitrogens with zero attached hydrogens (tertiary/aromatic N) is 5. The number of hydrogen-bond donors (Lipinski definition) is 0. The van der Waals surface area contributed by atoms with Gasteiger partial charge in [-0.1, -0.05) is 97.1 Å². The van der Waals surface area contributed by atoms with Gasteiger partial charge in [0.2, 0.25) is 0 Å². The van der Waals surface area contributed by atoms with E-state index in [0.29, 0.717) is 17.2 Å². The third-order valence-corrected chi connectivity index (χ3v) is 12.5. The predicted octanol–water partition coefficient (Wildman–Crippen LogP) is 14.0. The van der Waals surface area contributed by atoms with E-state index < -0.39 is 6.98 Å². The van der Waals surface area contributed by atoms with Crippen molar-refractivity contribution in [2.24, 2.45) is 0 Å². The summed E-state index contributed by atoms with van der Waals surface area (Å²) in [6, 6.07) is 65.4. The quantitative estimate of drug-likeness (QED) is 0.174. The molecule has 0 aliphatic carbocycles. The molecule has 0 bridgehead atoms. The second kappa shape index (κ2) is 13.0. The van der Waals surface area contributed by atoms with Crippen LogP contribution in [0.2, 0.25) is 0 Å². The number of ether oxygens (including phenoxy) is 1. The van der Waals surface area contributed by atoms with Crippen LogP contribution in [0.3, 0.4) is 0 Å². The Hall–Kier alpha value is -8.09. The van der Waals surface area contributed by atoms with Crippen molar-refractivity contribution in [2.45, 2.75) is 0 Å². The monoisotopic (exact) mass is 786 g/mol. The summed E-state index contributed by atoms with van der Waals surface area (Å²) in [5, 5.41) is 6.70. The van der Waals surface area contributed by atoms with Crippen LogP contribution in [-0.2, 0) is 0 Å². The molecule has 4 aromatic heterocycles. The molecule has 6 heteroatoms. The minimum Gasteiger partial charge on any atom is -0.457 e. The Balaban J connectivity index is 1.06. The Labute approximate surface area is 355 Å². The fourth-order valence-electron chi connectivity index (χ4n) is 9.77. The topological polar surface area (TPSA) is 37.4 Å². The van der Waals surface area contributed by atoms with Crippen molar-refractivity contribution in [1.29, 1.82) is 0 Å². The standard InChI is InChI=1S/C55H37N5O/c1-57-34-58(50-22-9-8-21-49(50)57)39-17-10-18-40(32-39)61-41-25-26-42-43-19-11-23-51-54(43)60(52(42)33-41)55-44(20-12-28-56-55)46-30-38(36-15-6-3-7-16-36)31-47-45-29-37(35-13-4-2-5-14-35)24-27-48(45)59(51)53(46)47/h2-33H,34H2,1H3/i1D3. The van der Waals surface area contributed by atoms with Crippen molar-refractivity contribution in [3.05, 3.63) is 194 Å². The largest absolute Gasteiger partial charge is 0.457 e. The molecule has 0 fully saturated rings. The maximum atomic E-state index is 8.21. The van der Waals surface area contributed by atoms with Crippen LogP contribution in [0.5, 0.6) is 11.5 Å². The highest BCUT2D eigenvalue weighted by atomic mass is 16.5. The summed E-state index contributed by atoms with van der Waals surface area (Å²) in [5.41, 5.74) is 13.2. The van der Waals surface area contributed by atoms with E-state index in [9.17, 15) is 0 Å². The van der Waals surface area contributed by atoms with Crippen LogP contribution in [0, 0.1) is 0 Å². The average molecular weight is 787 g/mol. The van der Waals surface area contributed by atoms with E-state index in [0.717, 1.165) is 77.3 Å². The second-order valence-electron chi connectivity index (χ2n) is 15.9. The maximum Gasteiger partial charge on any atom is 0.145 e. The number of benzene rings is 8. The molecule has 5 heterocycles. The molecule has 0 radical (unpaired) electrons. The Morgan fingerprint density at radius 3 is 2.02 bits per heavy atom. The summed E-state index contributed by atoms with van der Waals surface area (Å²) in [4.78, 5) is 8.69. The van der Waals surface area contributed by atoms with Crippen LogP contribution < -0.4 is 14.5 Å². The molecule has 1 aliphatic rings. The van der Waals surface area contributed by atoms with Gasteiger partial charge in [-0.2, -0.15) is 0 Å². The summed E-state index contributed by atoms with van der Waals surface area (Å²) in [6.07, 6.45) is 1.89. The van der Waals surface area contributed by atoms with E-state index in [2.05, 4.69) is 136 Å². The summed E-state index contributed by atoms with van der Waals surface area (Å²) >= 11 is 0. The molecule has 1 aliphatic heterocycles. The molecule has 8 aromatic carbocycles. The maximum absolute atomic E-state index is 8.21. The SMILES string of the molecule is [2H]C([2H])([2H])N1CN(c2cccc(Oc3ccc4c5cccc6c5n(c4c3)c3ncccc3c3cc(-c4ccccc4)cc4c5cc(-c7ccccc7)ccc5n6c43)c2)c2ccccc21. The zero-order chi connectivity index (χ0) is 42.7. The molecule has 0 saturated heterocycles. The average Bonchev–Trinajstić information content (AvgIpc) is 4.00. The highest BCUT2D eigenvalue weighted by molar-refractivity contribution is 6.24. The summed E-state index contributed by atoms with van der Waals surface area (Å²) in [7, 11) is 0. The molecule has 61 heavy (non-hydrogen) atoms. The molecule has 0 spiro atoms. The van der Waals surface area contributed by atoms with Gasteiger partial charge >= 0.3 is 0 Å². The molecule has 13 rings (SSSR count). The Morgan fingerprint density at radius 2 is 1.18 bits per heavy atom. The normalized spacial score (nSPS) is 13.8. The van der Waals surface area contributed by atoms with Gasteiger partial charge in [0.25, 0.3) is 0 Å². The number of anilines is 3. The fraction of sp³-hybridized carbons (Fsp3) is 0.0364. The first kappa shape index (κ1) is 30.9. The first-order valence-corrected chi connectivity index (χ1v) is 20.6. The molecule has 0 atom stereocenters. The molecule has 0 N–H and O–H groups in total. The Morgan fingerprint density at radius 1 is 0.459 bits per heavy atom. The van der Waals surface area contributed by atoms with Crippen molar-refractivity contribution >= 4 is 82.6 Å². The van der Waals surface area contributed by atoms with Gasteiger partial charge in [-0.05, 0) is 101 Å². The molecule has 0 amide bonds. The van der Waals surface area contributed by atoms with Crippen LogP contribution in [0.1, 0.15) is 4.11 Å². The lowest BCUT2D eigenvalue weighted by Gasteiger charge is -2.20. The Bertz CT molecular complexity index is 3860. The van der Waals surface area contributed by atoms with Crippen molar-refractivity contribution in [1.82, 2.24) is 13.8 Å². The molecule has 288 valence electrons. The molecule has 0 unspecified atom stereocenters. The number of hydrogen-bond acceptors (Lipinski definition) is 4. The van der Waals surface area contributed by atoms with Crippen LogP contribution in [0.25, 0.3) is 87.8 Å². The van der Waals surface area contributed by atoms with Gasteiger partial charge in [0.1, 0.15) is 17.1 Å². The van der Waals surface area contributed by atoms with Crippen molar-refractivity contribution in [3.63, 3.8) is 0 Å². The van der Waals surface area contributed by atoms with Gasteiger partial charge < -0.3 is 18.9 Å². The lowest BCUT2D eigenvalue weighted by molar-refractivity contribution is 0.483. The minimum absolute atomic E-state index is 0.202. The number of pyridine rings is 1. The third-order valence-electron chi connectivity index (χ3n) is 12.5. The lowest BCUT2D eigenvalue weighted by atomic mass is 9.98. The molecular weight excluding hydrogens is 747 g/mol. The van der Waals surface area contributed by atoms with Gasteiger partial charge in [-0.3, -0.25) is 4.40 Å². The predicted molar refractivity (Wildman–Crippen MR) is 253 cm³/mol. The Kier molecular flexibility index (Phi) is 6.57. The smallest absolute Gasteiger partial charge is 0.145 e. The fourth-order valence-corrected chi connectivity index (χ4v) is 9.77. The first-order chi connectivity index (χ1) is 31.4. The zero-order valence-electron chi connectivity index (χ0n) is 35.8. The summed E-state index contributed by atoms with van der Waals surface area (Å²) < 4.78 is 36.1. The first-order valence-electron chi connectivity index (χ1n) is 22.1. The van der Waals surface area contributed by atoms with Crippen LogP contribution in [-0.4, -0.2) is 27.4 Å². The summed E-state index contributed by atoms with van der Waals surface area (Å²) in [5.74, 6) is 1.31. The lowest BCUT2D eigenvalue weighted by Crippen LogP contribution is -2.23. The number of aromatic nitrogens is 3. The highest BCUT2D eigenvalue weighted by Gasteiger charge is 2.25. The number of fused-ring (bicyclic) bond motifs is 11. The van der Waals surface area contributed by atoms with Gasteiger partial charge in [0.05, 0.1) is 45.6 Å². The van der Waals surface area contributed by atoms with Gasteiger partial charge in [0.15, 0.2) is 0 Å². The van der Waals surface area contributed by atoms with E-state index in [-0.39, 0.29) is 6.67 Å².